The molecule has 0 bridgehead atoms. The summed E-state index contributed by atoms with van der Waals surface area (Å²) < 4.78 is 1.42. The van der Waals surface area contributed by atoms with Gasteiger partial charge in [-0.3, -0.25) is 9.78 Å². The summed E-state index contributed by atoms with van der Waals surface area (Å²) in [5.74, 6) is 0. The molecule has 0 spiro atoms. The van der Waals surface area contributed by atoms with Gasteiger partial charge in [-0.2, -0.15) is 5.10 Å². The number of hydrogen-bond acceptors (Lipinski definition) is 3. The third-order valence-electron chi connectivity index (χ3n) is 3.04. The largest absolute Gasteiger partial charge is 0.268 e. The van der Waals surface area contributed by atoms with E-state index in [0.29, 0.717) is 17.3 Å². The molecule has 0 unspecified atom stereocenters. The van der Waals surface area contributed by atoms with Crippen LogP contribution in [0.25, 0.3) is 11.3 Å². The lowest BCUT2D eigenvalue weighted by molar-refractivity contribution is 0.641. The number of nitrogens with zero attached hydrogens (tertiary/aromatic N) is 3. The van der Waals surface area contributed by atoms with Crippen molar-refractivity contribution in [1.82, 2.24) is 14.8 Å². The highest BCUT2D eigenvalue weighted by atomic mass is 35.5. The SMILES string of the molecule is O=c1ccc(-c2cccc(Cl)c2)nn1Cc1cccnc1. The van der Waals surface area contributed by atoms with E-state index in [0.717, 1.165) is 11.1 Å². The molecule has 0 N–H and O–H groups in total. The Balaban J connectivity index is 1.99. The summed E-state index contributed by atoms with van der Waals surface area (Å²) in [5.41, 5.74) is 2.36. The smallest absolute Gasteiger partial charge is 0.267 e. The highest BCUT2D eigenvalue weighted by Crippen LogP contribution is 2.19. The molecule has 2 aromatic heterocycles. The van der Waals surface area contributed by atoms with E-state index in [4.69, 9.17) is 11.6 Å². The van der Waals surface area contributed by atoms with Crippen molar-refractivity contribution in [2.75, 3.05) is 0 Å². The van der Waals surface area contributed by atoms with E-state index in [9.17, 15) is 4.79 Å². The molecular weight excluding hydrogens is 286 g/mol. The molecule has 0 saturated carbocycles. The Morgan fingerprint density at radius 1 is 1.10 bits per heavy atom. The number of hydrogen-bond donors (Lipinski definition) is 0. The maximum atomic E-state index is 11.9. The van der Waals surface area contributed by atoms with Crippen molar-refractivity contribution in [1.29, 1.82) is 0 Å². The lowest BCUT2D eigenvalue weighted by atomic mass is 10.1. The van der Waals surface area contributed by atoms with Crippen molar-refractivity contribution in [3.05, 3.63) is 81.9 Å². The Hall–Kier alpha value is -2.46. The van der Waals surface area contributed by atoms with E-state index in [-0.39, 0.29) is 5.56 Å². The first-order chi connectivity index (χ1) is 10.2. The van der Waals surface area contributed by atoms with Crippen molar-refractivity contribution < 1.29 is 0 Å². The predicted octanol–water partition coefficient (Wildman–Crippen LogP) is 3.01. The van der Waals surface area contributed by atoms with Gasteiger partial charge in [-0.15, -0.1) is 0 Å². The van der Waals surface area contributed by atoms with Crippen LogP contribution >= 0.6 is 11.6 Å². The molecule has 0 aliphatic heterocycles. The van der Waals surface area contributed by atoms with Gasteiger partial charge in [0.2, 0.25) is 0 Å². The normalized spacial score (nSPS) is 10.5. The summed E-state index contributed by atoms with van der Waals surface area (Å²) in [6.07, 6.45) is 3.42. The van der Waals surface area contributed by atoms with Crippen LogP contribution in [0.2, 0.25) is 5.02 Å². The summed E-state index contributed by atoms with van der Waals surface area (Å²) in [6, 6.07) is 14.4. The second-order valence-electron chi connectivity index (χ2n) is 4.59. The Kier molecular flexibility index (Phi) is 3.79. The van der Waals surface area contributed by atoms with E-state index >= 15 is 0 Å². The number of benzene rings is 1. The summed E-state index contributed by atoms with van der Waals surface area (Å²) in [6.45, 7) is 0.390. The standard InChI is InChI=1S/C16H12ClN3O/c17-14-5-1-4-13(9-14)15-6-7-16(21)20(19-15)11-12-3-2-8-18-10-12/h1-10H,11H2. The van der Waals surface area contributed by atoms with Crippen molar-refractivity contribution in [3.8, 4) is 11.3 Å². The Morgan fingerprint density at radius 2 is 2.00 bits per heavy atom. The van der Waals surface area contributed by atoms with Crippen LogP contribution in [0.3, 0.4) is 0 Å². The van der Waals surface area contributed by atoms with Crippen LogP contribution < -0.4 is 5.56 Å². The van der Waals surface area contributed by atoms with Crippen LogP contribution in [0.5, 0.6) is 0 Å². The van der Waals surface area contributed by atoms with Gasteiger partial charge in [0, 0.05) is 29.0 Å². The summed E-state index contributed by atoms with van der Waals surface area (Å²) in [4.78, 5) is 16.0. The zero-order chi connectivity index (χ0) is 14.7. The van der Waals surface area contributed by atoms with Gasteiger partial charge in [0.1, 0.15) is 0 Å². The first-order valence-electron chi connectivity index (χ1n) is 6.45. The van der Waals surface area contributed by atoms with Gasteiger partial charge >= 0.3 is 0 Å². The quantitative estimate of drug-likeness (QED) is 0.746. The Labute approximate surface area is 126 Å². The molecule has 3 aromatic rings. The molecule has 0 aliphatic carbocycles. The van der Waals surface area contributed by atoms with Crippen molar-refractivity contribution >= 4 is 11.6 Å². The van der Waals surface area contributed by atoms with E-state index in [2.05, 4.69) is 10.1 Å². The molecular formula is C16H12ClN3O. The first-order valence-corrected chi connectivity index (χ1v) is 6.83. The highest BCUT2D eigenvalue weighted by Gasteiger charge is 2.05. The zero-order valence-electron chi connectivity index (χ0n) is 11.1. The van der Waals surface area contributed by atoms with Crippen LogP contribution in [0.15, 0.2) is 65.7 Å². The summed E-state index contributed by atoms with van der Waals surface area (Å²) in [5, 5.41) is 5.03. The molecule has 104 valence electrons. The molecule has 0 radical (unpaired) electrons. The van der Waals surface area contributed by atoms with Crippen LogP contribution in [0.1, 0.15) is 5.56 Å². The van der Waals surface area contributed by atoms with Gasteiger partial charge in [0.25, 0.3) is 5.56 Å². The minimum absolute atomic E-state index is 0.148. The maximum Gasteiger partial charge on any atom is 0.267 e. The third kappa shape index (κ3) is 3.17. The number of halogens is 1. The summed E-state index contributed by atoms with van der Waals surface area (Å²) in [7, 11) is 0. The maximum absolute atomic E-state index is 11.9. The van der Waals surface area contributed by atoms with Crippen molar-refractivity contribution in [2.45, 2.75) is 6.54 Å². The van der Waals surface area contributed by atoms with Gasteiger partial charge in [0.15, 0.2) is 0 Å². The van der Waals surface area contributed by atoms with Crippen LogP contribution in [-0.2, 0) is 6.54 Å². The highest BCUT2D eigenvalue weighted by molar-refractivity contribution is 6.30. The predicted molar refractivity (Wildman–Crippen MR) is 82.3 cm³/mol. The van der Waals surface area contributed by atoms with Crippen molar-refractivity contribution in [3.63, 3.8) is 0 Å². The topological polar surface area (TPSA) is 47.8 Å². The molecule has 3 rings (SSSR count). The number of rotatable bonds is 3. The molecule has 2 heterocycles. The lowest BCUT2D eigenvalue weighted by Gasteiger charge is -2.07. The molecule has 0 fully saturated rings. The van der Waals surface area contributed by atoms with Crippen LogP contribution in [0, 0.1) is 0 Å². The van der Waals surface area contributed by atoms with Gasteiger partial charge in [-0.1, -0.05) is 29.8 Å². The molecule has 5 heteroatoms. The van der Waals surface area contributed by atoms with E-state index in [1.165, 1.54) is 10.7 Å². The second kappa shape index (κ2) is 5.89. The molecule has 0 aliphatic rings. The molecule has 0 atom stereocenters. The van der Waals surface area contributed by atoms with Crippen LogP contribution in [-0.4, -0.2) is 14.8 Å². The Bertz CT molecular complexity index is 815. The Morgan fingerprint density at radius 3 is 2.76 bits per heavy atom. The monoisotopic (exact) mass is 297 g/mol. The fourth-order valence-electron chi connectivity index (χ4n) is 2.03. The first kappa shape index (κ1) is 13.5. The lowest BCUT2D eigenvalue weighted by Crippen LogP contribution is -2.22. The van der Waals surface area contributed by atoms with Gasteiger partial charge in [-0.25, -0.2) is 4.68 Å². The average Bonchev–Trinajstić information content (AvgIpc) is 2.50. The average molecular weight is 298 g/mol. The minimum Gasteiger partial charge on any atom is -0.268 e. The number of pyridine rings is 1. The fraction of sp³-hybridized carbons (Fsp3) is 0.0625. The molecule has 0 amide bonds. The molecule has 21 heavy (non-hydrogen) atoms. The zero-order valence-corrected chi connectivity index (χ0v) is 11.9. The summed E-state index contributed by atoms with van der Waals surface area (Å²) >= 11 is 5.99. The van der Waals surface area contributed by atoms with Crippen molar-refractivity contribution in [2.24, 2.45) is 0 Å². The molecule has 4 nitrogen and oxygen atoms in total. The molecule has 1 aromatic carbocycles. The third-order valence-corrected chi connectivity index (χ3v) is 3.28. The minimum atomic E-state index is -0.148. The van der Waals surface area contributed by atoms with E-state index in [1.807, 2.05) is 30.3 Å². The molecule has 0 saturated heterocycles. The fourth-order valence-corrected chi connectivity index (χ4v) is 2.22. The van der Waals surface area contributed by atoms with E-state index < -0.39 is 0 Å². The second-order valence-corrected chi connectivity index (χ2v) is 5.02. The van der Waals surface area contributed by atoms with Gasteiger partial charge in [0.05, 0.1) is 12.2 Å². The van der Waals surface area contributed by atoms with Crippen LogP contribution in [0.4, 0.5) is 0 Å². The number of aromatic nitrogens is 3. The van der Waals surface area contributed by atoms with Gasteiger partial charge in [-0.05, 0) is 29.8 Å². The van der Waals surface area contributed by atoms with Gasteiger partial charge < -0.3 is 0 Å². The van der Waals surface area contributed by atoms with E-state index in [1.54, 1.807) is 24.5 Å².